The predicted octanol–water partition coefficient (Wildman–Crippen LogP) is 1.48. The van der Waals surface area contributed by atoms with E-state index >= 15 is 0 Å². The Balaban J connectivity index is 1.71. The maximum atomic E-state index is 12.7. The largest absolute Gasteiger partial charge is 0.374 e. The van der Waals surface area contributed by atoms with Gasteiger partial charge in [0.05, 0.1) is 5.25 Å². The second-order valence-corrected chi connectivity index (χ2v) is 7.22. The number of fused-ring (bicyclic) bond motifs is 1. The SMILES string of the molecule is CCOCc1nnc2n1CCN(C(=O)[C@@H]1CCCS1)[C@H](C)C2. The molecule has 0 aromatic carbocycles. The number of hydrogen-bond donors (Lipinski definition) is 0. The molecule has 0 N–H and O–H groups in total. The molecule has 1 saturated heterocycles. The minimum Gasteiger partial charge on any atom is -0.374 e. The Kier molecular flexibility index (Phi) is 5.03. The summed E-state index contributed by atoms with van der Waals surface area (Å²) in [7, 11) is 0. The van der Waals surface area contributed by atoms with Crippen molar-refractivity contribution < 1.29 is 9.53 Å². The lowest BCUT2D eigenvalue weighted by molar-refractivity contribution is -0.132. The summed E-state index contributed by atoms with van der Waals surface area (Å²) in [5.74, 6) is 3.26. The first-order valence-electron chi connectivity index (χ1n) is 8.11. The molecule has 1 amide bonds. The fourth-order valence-electron chi connectivity index (χ4n) is 3.17. The van der Waals surface area contributed by atoms with Gasteiger partial charge in [-0.3, -0.25) is 4.79 Å². The van der Waals surface area contributed by atoms with Gasteiger partial charge in [-0.1, -0.05) is 0 Å². The normalized spacial score (nSPS) is 25.1. The van der Waals surface area contributed by atoms with E-state index in [0.717, 1.165) is 49.8 Å². The van der Waals surface area contributed by atoms with Crippen LogP contribution in [0.5, 0.6) is 0 Å². The number of hydrogen-bond acceptors (Lipinski definition) is 5. The highest BCUT2D eigenvalue weighted by atomic mass is 32.2. The molecule has 2 aliphatic heterocycles. The Labute approximate surface area is 135 Å². The summed E-state index contributed by atoms with van der Waals surface area (Å²) in [5, 5.41) is 8.70. The molecule has 0 bridgehead atoms. The van der Waals surface area contributed by atoms with Crippen LogP contribution < -0.4 is 0 Å². The summed E-state index contributed by atoms with van der Waals surface area (Å²) in [4.78, 5) is 14.8. The predicted molar refractivity (Wildman–Crippen MR) is 85.7 cm³/mol. The minimum atomic E-state index is 0.161. The third-order valence-electron chi connectivity index (χ3n) is 4.40. The van der Waals surface area contributed by atoms with E-state index in [9.17, 15) is 4.79 Å². The van der Waals surface area contributed by atoms with E-state index in [0.29, 0.717) is 19.1 Å². The standard InChI is InChI=1S/C15H24N4O2S/c1-3-21-10-14-17-16-13-9-11(2)18(6-7-19(13)14)15(20)12-5-4-8-22-12/h11-12H,3-10H2,1-2H3/t11-,12+/m1/s1. The Hall–Kier alpha value is -1.08. The van der Waals surface area contributed by atoms with Gasteiger partial charge in [0.2, 0.25) is 5.91 Å². The summed E-state index contributed by atoms with van der Waals surface area (Å²) < 4.78 is 7.59. The van der Waals surface area contributed by atoms with Crippen molar-refractivity contribution in [3.8, 4) is 0 Å². The molecule has 1 fully saturated rings. The van der Waals surface area contributed by atoms with E-state index in [-0.39, 0.29) is 11.3 Å². The van der Waals surface area contributed by atoms with E-state index in [1.165, 1.54) is 0 Å². The first kappa shape index (κ1) is 15.8. The Morgan fingerprint density at radius 1 is 1.41 bits per heavy atom. The molecule has 7 heteroatoms. The van der Waals surface area contributed by atoms with Crippen LogP contribution in [0.4, 0.5) is 0 Å². The molecule has 22 heavy (non-hydrogen) atoms. The number of rotatable bonds is 4. The van der Waals surface area contributed by atoms with Gasteiger partial charge >= 0.3 is 0 Å². The Morgan fingerprint density at radius 2 is 2.27 bits per heavy atom. The summed E-state index contributed by atoms with van der Waals surface area (Å²) in [6.45, 7) is 6.75. The number of amides is 1. The molecular weight excluding hydrogens is 300 g/mol. The average molecular weight is 324 g/mol. The number of carbonyl (C=O) groups is 1. The molecule has 0 saturated carbocycles. The topological polar surface area (TPSA) is 60.3 Å². The van der Waals surface area contributed by atoms with Gasteiger partial charge in [-0.25, -0.2) is 0 Å². The molecule has 2 aliphatic rings. The van der Waals surface area contributed by atoms with Gasteiger partial charge in [-0.2, -0.15) is 0 Å². The number of carbonyl (C=O) groups excluding carboxylic acids is 1. The van der Waals surface area contributed by atoms with Gasteiger partial charge in [-0.15, -0.1) is 22.0 Å². The molecule has 3 rings (SSSR count). The lowest BCUT2D eigenvalue weighted by Gasteiger charge is -2.29. The summed E-state index contributed by atoms with van der Waals surface area (Å²) in [5.41, 5.74) is 0. The van der Waals surface area contributed by atoms with E-state index in [1.54, 1.807) is 0 Å². The van der Waals surface area contributed by atoms with Crippen molar-refractivity contribution in [3.05, 3.63) is 11.6 Å². The van der Waals surface area contributed by atoms with Crippen molar-refractivity contribution >= 4 is 17.7 Å². The second-order valence-electron chi connectivity index (χ2n) is 5.91. The van der Waals surface area contributed by atoms with Crippen LogP contribution in [-0.2, 0) is 29.1 Å². The van der Waals surface area contributed by atoms with Gasteiger partial charge in [0.25, 0.3) is 0 Å². The van der Waals surface area contributed by atoms with E-state index in [1.807, 2.05) is 23.6 Å². The van der Waals surface area contributed by atoms with Gasteiger partial charge in [-0.05, 0) is 32.4 Å². The molecule has 3 heterocycles. The Bertz CT molecular complexity index is 528. The fraction of sp³-hybridized carbons (Fsp3) is 0.800. The van der Waals surface area contributed by atoms with Crippen LogP contribution in [0.3, 0.4) is 0 Å². The van der Waals surface area contributed by atoms with Gasteiger partial charge < -0.3 is 14.2 Å². The highest BCUT2D eigenvalue weighted by molar-refractivity contribution is 8.00. The van der Waals surface area contributed by atoms with Crippen molar-refractivity contribution in [2.45, 2.75) is 57.6 Å². The maximum Gasteiger partial charge on any atom is 0.236 e. The van der Waals surface area contributed by atoms with E-state index in [2.05, 4.69) is 21.7 Å². The molecule has 0 spiro atoms. The summed E-state index contributed by atoms with van der Waals surface area (Å²) in [6.07, 6.45) is 2.95. The molecule has 2 atom stereocenters. The van der Waals surface area contributed by atoms with Crippen molar-refractivity contribution in [2.75, 3.05) is 18.9 Å². The van der Waals surface area contributed by atoms with Crippen LogP contribution >= 0.6 is 11.8 Å². The molecule has 0 radical (unpaired) electrons. The molecule has 0 aliphatic carbocycles. The zero-order chi connectivity index (χ0) is 15.5. The maximum absolute atomic E-state index is 12.7. The third-order valence-corrected chi connectivity index (χ3v) is 5.77. The smallest absolute Gasteiger partial charge is 0.236 e. The highest BCUT2D eigenvalue weighted by Crippen LogP contribution is 2.29. The second kappa shape index (κ2) is 7.00. The van der Waals surface area contributed by atoms with Crippen LogP contribution in [0.25, 0.3) is 0 Å². The molecule has 1 aromatic heterocycles. The zero-order valence-corrected chi connectivity index (χ0v) is 14.1. The van der Waals surface area contributed by atoms with Crippen LogP contribution in [0.2, 0.25) is 0 Å². The molecular formula is C15H24N4O2S. The number of ether oxygens (including phenoxy) is 1. The van der Waals surface area contributed by atoms with Crippen LogP contribution in [-0.4, -0.2) is 55.8 Å². The first-order valence-corrected chi connectivity index (χ1v) is 9.16. The third kappa shape index (κ3) is 3.15. The average Bonchev–Trinajstić information content (AvgIpc) is 3.13. The van der Waals surface area contributed by atoms with Crippen LogP contribution in [0, 0.1) is 0 Å². The number of thioether (sulfide) groups is 1. The van der Waals surface area contributed by atoms with Gasteiger partial charge in [0, 0.05) is 32.2 Å². The van der Waals surface area contributed by atoms with Crippen LogP contribution in [0.15, 0.2) is 0 Å². The van der Waals surface area contributed by atoms with Gasteiger partial charge in [0.1, 0.15) is 12.4 Å². The molecule has 1 aromatic rings. The van der Waals surface area contributed by atoms with Gasteiger partial charge in [0.15, 0.2) is 5.82 Å². The Morgan fingerprint density at radius 3 is 3.00 bits per heavy atom. The van der Waals surface area contributed by atoms with Crippen molar-refractivity contribution in [3.63, 3.8) is 0 Å². The van der Waals surface area contributed by atoms with Crippen molar-refractivity contribution in [1.29, 1.82) is 0 Å². The first-order chi connectivity index (χ1) is 10.7. The monoisotopic (exact) mass is 324 g/mol. The quantitative estimate of drug-likeness (QED) is 0.840. The van der Waals surface area contributed by atoms with Crippen molar-refractivity contribution in [1.82, 2.24) is 19.7 Å². The molecule has 122 valence electrons. The molecule has 6 nitrogen and oxygen atoms in total. The zero-order valence-electron chi connectivity index (χ0n) is 13.3. The fourth-order valence-corrected chi connectivity index (χ4v) is 4.40. The van der Waals surface area contributed by atoms with Crippen LogP contribution in [0.1, 0.15) is 38.3 Å². The lowest BCUT2D eigenvalue weighted by atomic mass is 10.1. The number of aromatic nitrogens is 3. The number of nitrogens with zero attached hydrogens (tertiary/aromatic N) is 4. The van der Waals surface area contributed by atoms with E-state index in [4.69, 9.17) is 4.74 Å². The minimum absolute atomic E-state index is 0.161. The van der Waals surface area contributed by atoms with E-state index < -0.39 is 0 Å². The highest BCUT2D eigenvalue weighted by Gasteiger charge is 2.33. The molecule has 0 unspecified atom stereocenters. The lowest BCUT2D eigenvalue weighted by Crippen LogP contribution is -2.44. The summed E-state index contributed by atoms with van der Waals surface area (Å²) >= 11 is 1.81. The summed E-state index contributed by atoms with van der Waals surface area (Å²) in [6, 6.07) is 0.180. The van der Waals surface area contributed by atoms with Crippen molar-refractivity contribution in [2.24, 2.45) is 0 Å².